The van der Waals surface area contributed by atoms with Gasteiger partial charge in [-0.1, -0.05) is 12.1 Å². The van der Waals surface area contributed by atoms with Gasteiger partial charge in [-0.05, 0) is 70.7 Å². The fourth-order valence-corrected chi connectivity index (χ4v) is 6.68. The van der Waals surface area contributed by atoms with Crippen molar-refractivity contribution in [1.29, 1.82) is 0 Å². The van der Waals surface area contributed by atoms with E-state index < -0.39 is 89.6 Å². The molecule has 3 aliphatic rings. The van der Waals surface area contributed by atoms with E-state index in [1.807, 2.05) is 0 Å². The summed E-state index contributed by atoms with van der Waals surface area (Å²) in [7, 11) is 1.53. The van der Waals surface area contributed by atoms with Crippen LogP contribution in [0.3, 0.4) is 0 Å². The van der Waals surface area contributed by atoms with Crippen molar-refractivity contribution in [3.63, 3.8) is 0 Å². The van der Waals surface area contributed by atoms with Crippen LogP contribution in [0.4, 0.5) is 0 Å². The Morgan fingerprint density at radius 3 is 2.27 bits per heavy atom. The van der Waals surface area contributed by atoms with Crippen LogP contribution in [0.15, 0.2) is 24.3 Å². The number of nitrogens with zero attached hydrogens (tertiary/aromatic N) is 2. The first kappa shape index (κ1) is 39.4. The number of aryl methyl sites for hydroxylation is 1. The molecule has 0 aromatic heterocycles. The van der Waals surface area contributed by atoms with Crippen molar-refractivity contribution in [1.82, 2.24) is 36.4 Å². The molecule has 3 fully saturated rings. The summed E-state index contributed by atoms with van der Waals surface area (Å²) < 4.78 is 0. The minimum Gasteiger partial charge on any atom is -0.508 e. The largest absolute Gasteiger partial charge is 0.508 e. The van der Waals surface area contributed by atoms with E-state index in [1.165, 1.54) is 26.1 Å². The maximum atomic E-state index is 13.8. The van der Waals surface area contributed by atoms with Gasteiger partial charge in [0.15, 0.2) is 0 Å². The summed E-state index contributed by atoms with van der Waals surface area (Å²) >= 11 is 0. The van der Waals surface area contributed by atoms with Gasteiger partial charge in [-0.3, -0.25) is 28.8 Å². The van der Waals surface area contributed by atoms with Gasteiger partial charge in [0.1, 0.15) is 29.9 Å². The van der Waals surface area contributed by atoms with Crippen molar-refractivity contribution < 1.29 is 49.2 Å². The summed E-state index contributed by atoms with van der Waals surface area (Å²) in [5.74, 6) is -4.78. The monoisotopic (exact) mass is 718 g/mol. The third kappa shape index (κ3) is 9.70. The van der Waals surface area contributed by atoms with Crippen molar-refractivity contribution in [3.8, 4) is 5.75 Å². The zero-order valence-corrected chi connectivity index (χ0v) is 29.0. The first-order valence-corrected chi connectivity index (χ1v) is 17.1. The van der Waals surface area contributed by atoms with Gasteiger partial charge < -0.3 is 62.5 Å². The Morgan fingerprint density at radius 2 is 1.63 bits per heavy atom. The summed E-state index contributed by atoms with van der Waals surface area (Å²) in [4.78, 5) is 83.7. The molecular formula is C33H50N8O10. The molecule has 3 heterocycles. The third-order valence-electron chi connectivity index (χ3n) is 9.52. The van der Waals surface area contributed by atoms with Crippen LogP contribution in [-0.2, 0) is 35.2 Å². The van der Waals surface area contributed by atoms with Gasteiger partial charge in [0, 0.05) is 32.1 Å². The molecule has 4 rings (SSSR count). The molecule has 3 saturated heterocycles. The van der Waals surface area contributed by atoms with Gasteiger partial charge in [-0.2, -0.15) is 0 Å². The number of aromatic hydroxyl groups is 1. The molecular weight excluding hydrogens is 668 g/mol. The molecule has 0 aliphatic carbocycles. The van der Waals surface area contributed by atoms with Gasteiger partial charge in [-0.25, -0.2) is 0 Å². The van der Waals surface area contributed by atoms with E-state index in [0.29, 0.717) is 12.0 Å². The summed E-state index contributed by atoms with van der Waals surface area (Å²) in [5, 5.41) is 55.1. The van der Waals surface area contributed by atoms with E-state index in [1.54, 1.807) is 12.1 Å². The molecule has 0 spiro atoms. The summed E-state index contributed by atoms with van der Waals surface area (Å²) in [5.41, 5.74) is 4.25. The maximum absolute atomic E-state index is 13.8. The molecule has 18 nitrogen and oxygen atoms in total. The number of likely N-dealkylation sites (N-methyl/N-ethyl adjacent to an activating group) is 1. The predicted molar refractivity (Wildman–Crippen MR) is 180 cm³/mol. The zero-order valence-electron chi connectivity index (χ0n) is 29.0. The van der Waals surface area contributed by atoms with E-state index in [2.05, 4.69) is 26.6 Å². The second-order valence-corrected chi connectivity index (χ2v) is 13.7. The highest BCUT2D eigenvalue weighted by atomic mass is 16.3. The van der Waals surface area contributed by atoms with Gasteiger partial charge in [0.2, 0.25) is 35.3 Å². The third-order valence-corrected chi connectivity index (χ3v) is 9.52. The molecule has 6 amide bonds. The molecule has 6 unspecified atom stereocenters. The van der Waals surface area contributed by atoms with Gasteiger partial charge >= 0.3 is 0 Å². The highest BCUT2D eigenvalue weighted by Crippen LogP contribution is 2.23. The molecule has 0 bridgehead atoms. The molecule has 18 heteroatoms. The minimum absolute atomic E-state index is 0.0175. The van der Waals surface area contributed by atoms with Crippen LogP contribution in [0, 0.1) is 0 Å². The van der Waals surface area contributed by atoms with Crippen molar-refractivity contribution >= 4 is 35.4 Å². The lowest BCUT2D eigenvalue weighted by Crippen LogP contribution is -2.64. The van der Waals surface area contributed by atoms with Crippen LogP contribution < -0.4 is 32.3 Å². The van der Waals surface area contributed by atoms with Gasteiger partial charge in [-0.15, -0.1) is 0 Å². The molecule has 0 radical (unpaired) electrons. The lowest BCUT2D eigenvalue weighted by atomic mass is 10.0. The van der Waals surface area contributed by atoms with E-state index in [0.717, 1.165) is 16.7 Å². The molecule has 3 aliphatic heterocycles. The highest BCUT2D eigenvalue weighted by molar-refractivity contribution is 5.98. The molecule has 1 aromatic rings. The quantitative estimate of drug-likeness (QED) is 0.139. The Labute approximate surface area is 295 Å². The highest BCUT2D eigenvalue weighted by Gasteiger charge is 2.47. The number of benzene rings is 1. The van der Waals surface area contributed by atoms with Crippen molar-refractivity contribution in [2.75, 3.05) is 26.7 Å². The topological polar surface area (TPSA) is 276 Å². The Bertz CT molecular complexity index is 1460. The summed E-state index contributed by atoms with van der Waals surface area (Å²) in [6.07, 6.45) is -2.02. The lowest BCUT2D eigenvalue weighted by Gasteiger charge is -2.33. The summed E-state index contributed by atoms with van der Waals surface area (Å²) in [6, 6.07) is -0.568. The molecule has 1 aromatic carbocycles. The fourth-order valence-electron chi connectivity index (χ4n) is 6.68. The van der Waals surface area contributed by atoms with E-state index >= 15 is 0 Å². The number of nitrogens with two attached hydrogens (primary N) is 1. The summed E-state index contributed by atoms with van der Waals surface area (Å²) in [6.45, 7) is 2.08. The molecule has 51 heavy (non-hydrogen) atoms. The number of amides is 6. The minimum atomic E-state index is -2.54. The van der Waals surface area contributed by atoms with Crippen molar-refractivity contribution in [3.05, 3.63) is 29.8 Å². The first-order valence-electron chi connectivity index (χ1n) is 17.1. The van der Waals surface area contributed by atoms with E-state index in [9.17, 15) is 49.2 Å². The number of hydrogen-bond acceptors (Lipinski definition) is 12. The van der Waals surface area contributed by atoms with Crippen molar-refractivity contribution in [2.24, 2.45) is 5.73 Å². The number of rotatable bonds is 5. The standard InChI is InChI=1S/C33H50N8O10/c1-17(42)26-31(49)40-16-21(44)14-25(40)30(48)37-23(11-8-18-6-9-20(43)10-7-18)28(46)39-33(2,51)32(50)41-15-19(34)13-24(41)29(47)36-12-4-5-22(35-3)27(45)38-26/h6-7,9-10,17,19,21-26,35,42-44,51H,4-5,8,11-16,34H2,1-3H3,(H,36,47)(H,37,48)(H,38,45)(H,39,46)/t17-,19?,21-,22?,23?,24?,25?,26?,33-/m1/s1. The number of aliphatic hydroxyl groups excluding tert-OH is 2. The smallest absolute Gasteiger partial charge is 0.276 e. The normalized spacial score (nSPS) is 32.6. The van der Waals surface area contributed by atoms with Crippen LogP contribution >= 0.6 is 0 Å². The number of phenols is 1. The van der Waals surface area contributed by atoms with E-state index in [4.69, 9.17) is 5.73 Å². The van der Waals surface area contributed by atoms with E-state index in [-0.39, 0.29) is 57.5 Å². The fraction of sp³-hybridized carbons (Fsp3) is 0.636. The van der Waals surface area contributed by atoms with Crippen LogP contribution in [-0.4, -0.2) is 147 Å². The van der Waals surface area contributed by atoms with Crippen LogP contribution in [0.5, 0.6) is 5.75 Å². The number of hydrogen-bond donors (Lipinski definition) is 10. The first-order chi connectivity index (χ1) is 24.0. The maximum Gasteiger partial charge on any atom is 0.276 e. The Hall–Kier alpha value is -4.36. The molecule has 9 atom stereocenters. The second kappa shape index (κ2) is 16.8. The Balaban J connectivity index is 1.68. The second-order valence-electron chi connectivity index (χ2n) is 13.7. The number of carbonyl (C=O) groups is 6. The predicted octanol–water partition coefficient (Wildman–Crippen LogP) is -4.11. The molecule has 11 N–H and O–H groups in total. The number of nitrogens with one attached hydrogen (secondary N) is 5. The molecule has 0 saturated carbocycles. The van der Waals surface area contributed by atoms with Crippen LogP contribution in [0.2, 0.25) is 0 Å². The number of carbonyl (C=O) groups excluding carboxylic acids is 6. The average Bonchev–Trinajstić information content (AvgIpc) is 3.67. The number of aliphatic hydroxyl groups is 3. The Kier molecular flexibility index (Phi) is 13.0. The zero-order chi connectivity index (χ0) is 37.6. The average molecular weight is 719 g/mol. The van der Waals surface area contributed by atoms with Crippen LogP contribution in [0.1, 0.15) is 51.5 Å². The van der Waals surface area contributed by atoms with Crippen LogP contribution in [0.25, 0.3) is 0 Å². The lowest BCUT2D eigenvalue weighted by molar-refractivity contribution is -0.160. The van der Waals surface area contributed by atoms with Gasteiger partial charge in [0.05, 0.1) is 18.2 Å². The SMILES string of the molecule is CNC1CCCNC(=O)C2CC(N)CN2C(=O)[C@@](C)(O)NC(=O)C(CCc2ccc(O)cc2)NC(=O)C2C[C@@H](O)CN2C(=O)C([C@@H](C)O)NC1=O. The van der Waals surface area contributed by atoms with Gasteiger partial charge in [0.25, 0.3) is 5.91 Å². The number of fused-ring (bicyclic) bond motifs is 2. The number of phenolic OH excluding ortho intramolecular Hbond substituents is 1. The Morgan fingerprint density at radius 1 is 0.961 bits per heavy atom. The van der Waals surface area contributed by atoms with Crippen molar-refractivity contribution in [2.45, 2.75) is 107 Å². The molecule has 282 valence electrons.